The first-order valence-corrected chi connectivity index (χ1v) is 10.1. The Morgan fingerprint density at radius 3 is 2.63 bits per heavy atom. The molecular formula is C21H22N4OS. The summed E-state index contributed by atoms with van der Waals surface area (Å²) in [5.41, 5.74) is 2.46. The van der Waals surface area contributed by atoms with Gasteiger partial charge in [-0.1, -0.05) is 30.3 Å². The number of hydrogen-bond donors (Lipinski definition) is 1. The van der Waals surface area contributed by atoms with Crippen LogP contribution in [0.2, 0.25) is 0 Å². The van der Waals surface area contributed by atoms with Gasteiger partial charge in [-0.3, -0.25) is 4.79 Å². The fourth-order valence-corrected chi connectivity index (χ4v) is 4.04. The van der Waals surface area contributed by atoms with Gasteiger partial charge >= 0.3 is 0 Å². The van der Waals surface area contributed by atoms with Crippen molar-refractivity contribution in [1.29, 1.82) is 0 Å². The van der Waals surface area contributed by atoms with Crippen LogP contribution in [0.15, 0.2) is 54.0 Å². The van der Waals surface area contributed by atoms with Gasteiger partial charge in [0.05, 0.1) is 6.04 Å². The van der Waals surface area contributed by atoms with Crippen molar-refractivity contribution in [3.63, 3.8) is 0 Å². The highest BCUT2D eigenvalue weighted by Crippen LogP contribution is 2.26. The maximum Gasteiger partial charge on any atom is 0.271 e. The quantitative estimate of drug-likeness (QED) is 0.719. The van der Waals surface area contributed by atoms with Crippen LogP contribution in [0.1, 0.15) is 41.9 Å². The summed E-state index contributed by atoms with van der Waals surface area (Å²) in [6, 6.07) is 13.9. The van der Waals surface area contributed by atoms with Crippen molar-refractivity contribution in [2.24, 2.45) is 0 Å². The molecule has 0 saturated carbocycles. The highest BCUT2D eigenvalue weighted by atomic mass is 32.1. The third kappa shape index (κ3) is 4.01. The van der Waals surface area contributed by atoms with Crippen LogP contribution in [0.3, 0.4) is 0 Å². The van der Waals surface area contributed by atoms with E-state index in [1.54, 1.807) is 5.38 Å². The summed E-state index contributed by atoms with van der Waals surface area (Å²) in [6.45, 7) is 4.13. The fourth-order valence-electron chi connectivity index (χ4n) is 3.25. The first-order chi connectivity index (χ1) is 13.2. The molecule has 2 aromatic heterocycles. The maximum absolute atomic E-state index is 12.5. The molecule has 0 aliphatic carbocycles. The first kappa shape index (κ1) is 17.7. The third-order valence-corrected chi connectivity index (χ3v) is 5.70. The van der Waals surface area contributed by atoms with Crippen LogP contribution in [0.4, 0.5) is 5.82 Å². The molecule has 3 heterocycles. The van der Waals surface area contributed by atoms with Crippen molar-refractivity contribution in [3.8, 4) is 10.6 Å². The lowest BCUT2D eigenvalue weighted by atomic mass is 10.1. The molecule has 1 atom stereocenters. The van der Waals surface area contributed by atoms with E-state index in [0.29, 0.717) is 5.69 Å². The molecule has 0 bridgehead atoms. The molecule has 1 aromatic carbocycles. The number of carbonyl (C=O) groups is 1. The molecule has 1 aliphatic heterocycles. The molecule has 0 spiro atoms. The van der Waals surface area contributed by atoms with Crippen LogP contribution >= 0.6 is 11.3 Å². The molecule has 5 nitrogen and oxygen atoms in total. The Bertz CT molecular complexity index is 901. The van der Waals surface area contributed by atoms with Gasteiger partial charge < -0.3 is 10.2 Å². The molecule has 1 amide bonds. The normalized spacial score (nSPS) is 14.9. The number of carbonyl (C=O) groups excluding carboxylic acids is 1. The van der Waals surface area contributed by atoms with Crippen molar-refractivity contribution in [2.45, 2.75) is 25.8 Å². The Balaban J connectivity index is 1.44. The number of amides is 1. The monoisotopic (exact) mass is 378 g/mol. The van der Waals surface area contributed by atoms with Gasteiger partial charge in [-0.2, -0.15) is 0 Å². The molecule has 0 radical (unpaired) electrons. The Morgan fingerprint density at radius 1 is 1.15 bits per heavy atom. The average molecular weight is 379 g/mol. The van der Waals surface area contributed by atoms with E-state index in [1.165, 1.54) is 24.2 Å². The number of nitrogens with one attached hydrogen (secondary N) is 1. The van der Waals surface area contributed by atoms with E-state index in [2.05, 4.69) is 20.2 Å². The van der Waals surface area contributed by atoms with Gasteiger partial charge in [0.15, 0.2) is 0 Å². The molecule has 1 fully saturated rings. The predicted molar refractivity (Wildman–Crippen MR) is 109 cm³/mol. The summed E-state index contributed by atoms with van der Waals surface area (Å²) in [5.74, 6) is 0.859. The molecule has 138 valence electrons. The molecule has 4 rings (SSSR count). The van der Waals surface area contributed by atoms with E-state index in [9.17, 15) is 4.79 Å². The van der Waals surface area contributed by atoms with Crippen LogP contribution in [0, 0.1) is 0 Å². The number of aromatic nitrogens is 2. The smallest absolute Gasteiger partial charge is 0.271 e. The number of benzene rings is 1. The van der Waals surface area contributed by atoms with Gasteiger partial charge in [-0.25, -0.2) is 9.97 Å². The number of rotatable bonds is 5. The Morgan fingerprint density at radius 2 is 1.93 bits per heavy atom. The minimum absolute atomic E-state index is 0.0646. The summed E-state index contributed by atoms with van der Waals surface area (Å²) in [5, 5.41) is 5.62. The second-order valence-electron chi connectivity index (χ2n) is 6.74. The highest BCUT2D eigenvalue weighted by molar-refractivity contribution is 7.13. The number of thiazole rings is 1. The van der Waals surface area contributed by atoms with Crippen molar-refractivity contribution in [2.75, 3.05) is 18.0 Å². The number of pyridine rings is 1. The van der Waals surface area contributed by atoms with E-state index in [0.717, 1.165) is 35.0 Å². The summed E-state index contributed by atoms with van der Waals surface area (Å²) in [7, 11) is 0. The third-order valence-electron chi connectivity index (χ3n) is 4.81. The van der Waals surface area contributed by atoms with Crippen molar-refractivity contribution >= 4 is 23.1 Å². The van der Waals surface area contributed by atoms with Crippen molar-refractivity contribution in [1.82, 2.24) is 15.3 Å². The van der Waals surface area contributed by atoms with Crippen LogP contribution in [0.25, 0.3) is 10.6 Å². The second-order valence-corrected chi connectivity index (χ2v) is 7.60. The van der Waals surface area contributed by atoms with E-state index in [4.69, 9.17) is 0 Å². The zero-order chi connectivity index (χ0) is 18.6. The molecule has 1 saturated heterocycles. The van der Waals surface area contributed by atoms with Gasteiger partial charge in [0.25, 0.3) is 5.91 Å². The molecule has 6 heteroatoms. The SMILES string of the molecule is C[C@@H](NC(=O)c1csc(-c2ccc(N3CCCC3)nc2)n1)c1ccccc1. The van der Waals surface area contributed by atoms with Gasteiger partial charge in [0.2, 0.25) is 0 Å². The lowest BCUT2D eigenvalue weighted by molar-refractivity contribution is 0.0935. The van der Waals surface area contributed by atoms with Gasteiger partial charge in [-0.05, 0) is 37.5 Å². The lowest BCUT2D eigenvalue weighted by Crippen LogP contribution is -2.26. The van der Waals surface area contributed by atoms with Gasteiger partial charge in [0.1, 0.15) is 16.5 Å². The van der Waals surface area contributed by atoms with Crippen LogP contribution in [-0.4, -0.2) is 29.0 Å². The molecular weight excluding hydrogens is 356 g/mol. The van der Waals surface area contributed by atoms with Crippen molar-refractivity contribution < 1.29 is 4.79 Å². The van der Waals surface area contributed by atoms with Crippen molar-refractivity contribution in [3.05, 3.63) is 65.3 Å². The average Bonchev–Trinajstić information content (AvgIpc) is 3.41. The Kier molecular flexibility index (Phi) is 5.16. The number of hydrogen-bond acceptors (Lipinski definition) is 5. The summed E-state index contributed by atoms with van der Waals surface area (Å²) in [4.78, 5) is 23.9. The number of nitrogens with zero attached hydrogens (tertiary/aromatic N) is 3. The van der Waals surface area contributed by atoms with E-state index in [1.807, 2.05) is 55.6 Å². The van der Waals surface area contributed by atoms with Crippen LogP contribution < -0.4 is 10.2 Å². The number of anilines is 1. The van der Waals surface area contributed by atoms with E-state index >= 15 is 0 Å². The largest absolute Gasteiger partial charge is 0.357 e. The fraction of sp³-hybridized carbons (Fsp3) is 0.286. The first-order valence-electron chi connectivity index (χ1n) is 9.23. The van der Waals surface area contributed by atoms with Gasteiger partial charge in [0, 0.05) is 30.2 Å². The zero-order valence-electron chi connectivity index (χ0n) is 15.3. The van der Waals surface area contributed by atoms with E-state index < -0.39 is 0 Å². The highest BCUT2D eigenvalue weighted by Gasteiger charge is 2.16. The molecule has 27 heavy (non-hydrogen) atoms. The zero-order valence-corrected chi connectivity index (χ0v) is 16.1. The molecule has 3 aromatic rings. The Hall–Kier alpha value is -2.73. The molecule has 1 N–H and O–H groups in total. The minimum Gasteiger partial charge on any atom is -0.357 e. The van der Waals surface area contributed by atoms with Gasteiger partial charge in [-0.15, -0.1) is 11.3 Å². The Labute approximate surface area is 163 Å². The topological polar surface area (TPSA) is 58.1 Å². The van der Waals surface area contributed by atoms with E-state index in [-0.39, 0.29) is 11.9 Å². The summed E-state index contributed by atoms with van der Waals surface area (Å²) >= 11 is 1.47. The summed E-state index contributed by atoms with van der Waals surface area (Å²) in [6.07, 6.45) is 4.31. The lowest BCUT2D eigenvalue weighted by Gasteiger charge is -2.15. The molecule has 1 aliphatic rings. The summed E-state index contributed by atoms with van der Waals surface area (Å²) < 4.78 is 0. The standard InChI is InChI=1S/C21H22N4OS/c1-15(16-7-3-2-4-8-16)23-20(26)18-14-27-21(24-18)17-9-10-19(22-13-17)25-11-5-6-12-25/h2-4,7-10,13-15H,5-6,11-12H2,1H3,(H,23,26)/t15-/m1/s1. The van der Waals surface area contributed by atoms with Crippen LogP contribution in [0.5, 0.6) is 0 Å². The molecule has 0 unspecified atom stereocenters. The predicted octanol–water partition coefficient (Wildman–Crippen LogP) is 4.30. The van der Waals surface area contributed by atoms with Crippen LogP contribution in [-0.2, 0) is 0 Å². The second kappa shape index (κ2) is 7.88. The minimum atomic E-state index is -0.157. The maximum atomic E-state index is 12.5.